The van der Waals surface area contributed by atoms with Crippen LogP contribution in [0.3, 0.4) is 0 Å². The molecule has 0 radical (unpaired) electrons. The fourth-order valence-corrected chi connectivity index (χ4v) is 4.21. The number of allylic oxidation sites excluding steroid dienone is 2. The molecule has 0 saturated carbocycles. The molecule has 3 rings (SSSR count). The molecular formula is C17H20N2O3S. The summed E-state index contributed by atoms with van der Waals surface area (Å²) >= 11 is 1.47. The van der Waals surface area contributed by atoms with Gasteiger partial charge in [0.25, 0.3) is 5.56 Å². The van der Waals surface area contributed by atoms with Crippen LogP contribution >= 0.6 is 11.3 Å². The molecule has 0 atom stereocenters. The fourth-order valence-electron chi connectivity index (χ4n) is 2.98. The van der Waals surface area contributed by atoms with Gasteiger partial charge < -0.3 is 4.74 Å². The van der Waals surface area contributed by atoms with Crippen LogP contribution in [0.2, 0.25) is 0 Å². The normalized spacial score (nSPS) is 16.3. The van der Waals surface area contributed by atoms with Gasteiger partial charge in [-0.3, -0.25) is 13.9 Å². The molecule has 0 fully saturated rings. The Bertz CT molecular complexity index is 915. The lowest BCUT2D eigenvalue weighted by molar-refractivity contribution is -0.0379. The topological polar surface area (TPSA) is 53.2 Å². The van der Waals surface area contributed by atoms with Crippen molar-refractivity contribution in [2.45, 2.75) is 45.6 Å². The van der Waals surface area contributed by atoms with Gasteiger partial charge >= 0.3 is 5.69 Å². The van der Waals surface area contributed by atoms with Crippen LogP contribution in [0.15, 0.2) is 34.9 Å². The summed E-state index contributed by atoms with van der Waals surface area (Å²) in [4.78, 5) is 27.3. The summed E-state index contributed by atoms with van der Waals surface area (Å²) in [5, 5.41) is 0.643. The molecule has 23 heavy (non-hydrogen) atoms. The number of thiophene rings is 1. The molecule has 3 heterocycles. The Balaban J connectivity index is 2.42. The minimum Gasteiger partial charge on any atom is -0.370 e. The second-order valence-electron chi connectivity index (χ2n) is 6.30. The van der Waals surface area contributed by atoms with Crippen LogP contribution in [0, 0.1) is 0 Å². The molecule has 2 aromatic rings. The van der Waals surface area contributed by atoms with Crippen molar-refractivity contribution in [3.8, 4) is 0 Å². The first-order chi connectivity index (χ1) is 10.9. The molecule has 122 valence electrons. The van der Waals surface area contributed by atoms with Crippen LogP contribution in [-0.2, 0) is 30.9 Å². The van der Waals surface area contributed by atoms with Gasteiger partial charge in [0.15, 0.2) is 0 Å². The summed E-state index contributed by atoms with van der Waals surface area (Å²) in [5.41, 5.74) is 0.152. The van der Waals surface area contributed by atoms with E-state index in [1.165, 1.54) is 15.9 Å². The largest absolute Gasteiger partial charge is 0.370 e. The SMILES string of the molecule is C=CCn1c(=O)c2c3c(sc2n(CC=C)c1=O)COC(C)(C)C3. The molecule has 5 nitrogen and oxygen atoms in total. The lowest BCUT2D eigenvalue weighted by atomic mass is 9.94. The molecular weight excluding hydrogens is 312 g/mol. The number of hydrogen-bond acceptors (Lipinski definition) is 4. The summed E-state index contributed by atoms with van der Waals surface area (Å²) in [6.45, 7) is 12.4. The highest BCUT2D eigenvalue weighted by Gasteiger charge is 2.31. The van der Waals surface area contributed by atoms with E-state index in [0.717, 1.165) is 10.4 Å². The monoisotopic (exact) mass is 332 g/mol. The van der Waals surface area contributed by atoms with Gasteiger partial charge in [0.05, 0.1) is 17.6 Å². The zero-order valence-electron chi connectivity index (χ0n) is 13.4. The standard InChI is InChI=1S/C17H20N2O3S/c1-5-7-18-14(20)13-11-9-17(3,4)22-10-12(11)23-15(13)19(8-6-2)16(18)21/h5-6H,1-2,7-10H2,3-4H3. The highest BCUT2D eigenvalue weighted by Crippen LogP contribution is 2.37. The van der Waals surface area contributed by atoms with Gasteiger partial charge in [0.2, 0.25) is 0 Å². The van der Waals surface area contributed by atoms with Crippen molar-refractivity contribution in [2.24, 2.45) is 0 Å². The number of aromatic nitrogens is 2. The third-order valence-electron chi connectivity index (χ3n) is 4.06. The van der Waals surface area contributed by atoms with Gasteiger partial charge in [-0.2, -0.15) is 0 Å². The molecule has 6 heteroatoms. The van der Waals surface area contributed by atoms with Gasteiger partial charge in [-0.25, -0.2) is 4.79 Å². The minimum absolute atomic E-state index is 0.204. The van der Waals surface area contributed by atoms with E-state index < -0.39 is 0 Å². The Morgan fingerprint density at radius 1 is 1.22 bits per heavy atom. The van der Waals surface area contributed by atoms with E-state index in [1.54, 1.807) is 16.7 Å². The number of nitrogens with zero attached hydrogens (tertiary/aromatic N) is 2. The predicted octanol–water partition coefficient (Wildman–Crippen LogP) is 2.45. The van der Waals surface area contributed by atoms with Crippen LogP contribution < -0.4 is 11.2 Å². The highest BCUT2D eigenvalue weighted by atomic mass is 32.1. The van der Waals surface area contributed by atoms with Crippen molar-refractivity contribution >= 4 is 21.6 Å². The van der Waals surface area contributed by atoms with E-state index in [1.807, 2.05) is 13.8 Å². The third kappa shape index (κ3) is 2.52. The number of fused-ring (bicyclic) bond motifs is 3. The fraction of sp³-hybridized carbons (Fsp3) is 0.412. The molecule has 0 unspecified atom stereocenters. The smallest absolute Gasteiger partial charge is 0.332 e. The summed E-state index contributed by atoms with van der Waals surface area (Å²) in [6.07, 6.45) is 3.90. The molecule has 0 amide bonds. The summed E-state index contributed by atoms with van der Waals surface area (Å²) in [7, 11) is 0. The van der Waals surface area contributed by atoms with E-state index >= 15 is 0 Å². The Morgan fingerprint density at radius 2 is 1.87 bits per heavy atom. The zero-order chi connectivity index (χ0) is 16.8. The van der Waals surface area contributed by atoms with Crippen molar-refractivity contribution in [1.29, 1.82) is 0 Å². The van der Waals surface area contributed by atoms with Gasteiger partial charge in [-0.15, -0.1) is 24.5 Å². The molecule has 1 aliphatic rings. The Morgan fingerprint density at radius 3 is 2.52 bits per heavy atom. The summed E-state index contributed by atoms with van der Waals surface area (Å²) in [6, 6.07) is 0. The summed E-state index contributed by atoms with van der Waals surface area (Å²) in [5.74, 6) is 0. The summed E-state index contributed by atoms with van der Waals surface area (Å²) < 4.78 is 8.71. The Labute approximate surface area is 138 Å². The van der Waals surface area contributed by atoms with Gasteiger partial charge in [-0.1, -0.05) is 12.2 Å². The van der Waals surface area contributed by atoms with Gasteiger partial charge in [0, 0.05) is 24.4 Å². The number of rotatable bonds is 4. The van der Waals surface area contributed by atoms with E-state index in [9.17, 15) is 9.59 Å². The molecule has 2 aromatic heterocycles. The van der Waals surface area contributed by atoms with E-state index in [-0.39, 0.29) is 23.4 Å². The van der Waals surface area contributed by atoms with Crippen LogP contribution in [0.25, 0.3) is 10.2 Å². The van der Waals surface area contributed by atoms with E-state index in [4.69, 9.17) is 4.74 Å². The molecule has 0 N–H and O–H groups in total. The van der Waals surface area contributed by atoms with Crippen molar-refractivity contribution < 1.29 is 4.74 Å². The van der Waals surface area contributed by atoms with Crippen LogP contribution in [-0.4, -0.2) is 14.7 Å². The Kier molecular flexibility index (Phi) is 3.90. The molecule has 0 spiro atoms. The Hall–Kier alpha value is -1.92. The molecule has 0 saturated heterocycles. The third-order valence-corrected chi connectivity index (χ3v) is 5.29. The van der Waals surface area contributed by atoms with Crippen molar-refractivity contribution in [3.63, 3.8) is 0 Å². The van der Waals surface area contributed by atoms with Crippen molar-refractivity contribution in [2.75, 3.05) is 0 Å². The van der Waals surface area contributed by atoms with Crippen molar-refractivity contribution in [1.82, 2.24) is 9.13 Å². The van der Waals surface area contributed by atoms with Crippen LogP contribution in [0.4, 0.5) is 0 Å². The minimum atomic E-state index is -0.318. The van der Waals surface area contributed by atoms with E-state index in [0.29, 0.717) is 29.8 Å². The van der Waals surface area contributed by atoms with E-state index in [2.05, 4.69) is 13.2 Å². The van der Waals surface area contributed by atoms with Crippen LogP contribution in [0.5, 0.6) is 0 Å². The van der Waals surface area contributed by atoms with Gasteiger partial charge in [-0.05, 0) is 19.4 Å². The lowest BCUT2D eigenvalue weighted by Crippen LogP contribution is -2.40. The predicted molar refractivity (Wildman–Crippen MR) is 93.3 cm³/mol. The first kappa shape index (κ1) is 16.0. The number of hydrogen-bond donors (Lipinski definition) is 0. The van der Waals surface area contributed by atoms with Gasteiger partial charge in [0.1, 0.15) is 4.83 Å². The lowest BCUT2D eigenvalue weighted by Gasteiger charge is -2.29. The molecule has 0 bridgehead atoms. The maximum absolute atomic E-state index is 12.9. The molecule has 0 aromatic carbocycles. The quantitative estimate of drug-likeness (QED) is 0.808. The number of ether oxygens (including phenoxy) is 1. The highest BCUT2D eigenvalue weighted by molar-refractivity contribution is 7.18. The average molecular weight is 332 g/mol. The van der Waals surface area contributed by atoms with Crippen molar-refractivity contribution in [3.05, 3.63) is 56.6 Å². The first-order valence-corrected chi connectivity index (χ1v) is 8.35. The average Bonchev–Trinajstić information content (AvgIpc) is 2.85. The second kappa shape index (κ2) is 5.62. The maximum atomic E-state index is 12.9. The zero-order valence-corrected chi connectivity index (χ0v) is 14.2. The van der Waals surface area contributed by atoms with Crippen LogP contribution in [0.1, 0.15) is 24.3 Å². The first-order valence-electron chi connectivity index (χ1n) is 7.53. The molecule has 0 aliphatic carbocycles. The maximum Gasteiger partial charge on any atom is 0.332 e. The second-order valence-corrected chi connectivity index (χ2v) is 7.38. The molecule has 1 aliphatic heterocycles.